The molecule has 1 N–H and O–H groups in total. The number of hydrogen-bond acceptors (Lipinski definition) is 6. The van der Waals surface area contributed by atoms with E-state index in [2.05, 4.69) is 19.3 Å². The molecule has 1 fully saturated rings. The molecule has 0 aromatic heterocycles. The Morgan fingerprint density at radius 2 is 1.21 bits per heavy atom. The van der Waals surface area contributed by atoms with Crippen LogP contribution >= 0.6 is 11.8 Å². The summed E-state index contributed by atoms with van der Waals surface area (Å²) in [7, 11) is -2.77. The van der Waals surface area contributed by atoms with Crippen LogP contribution < -0.4 is 5.48 Å². The predicted molar refractivity (Wildman–Crippen MR) is 190 cm³/mol. The average molecular weight is 644 g/mol. The lowest BCUT2D eigenvalue weighted by molar-refractivity contribution is -0.109. The first kappa shape index (κ1) is 41.1. The highest BCUT2D eigenvalue weighted by molar-refractivity contribution is 8.13. The van der Waals surface area contributed by atoms with Crippen molar-refractivity contribution in [3.8, 4) is 0 Å². The number of thioether (sulfide) groups is 1. The molecule has 1 aliphatic rings. The SMILES string of the molecule is CCCCCCCCCCCCCCCC1CCO[Si](CCCSC(C)=O)(OCCCCCCCCCCCC)ONC1. The van der Waals surface area contributed by atoms with Gasteiger partial charge in [-0.1, -0.05) is 167 Å². The van der Waals surface area contributed by atoms with Gasteiger partial charge in [0, 0.05) is 38.5 Å². The minimum Gasteiger partial charge on any atom is -0.373 e. The van der Waals surface area contributed by atoms with E-state index in [9.17, 15) is 4.79 Å². The van der Waals surface area contributed by atoms with Crippen LogP contribution in [-0.4, -0.2) is 39.4 Å². The van der Waals surface area contributed by atoms with Crippen LogP contribution in [0.4, 0.5) is 0 Å². The van der Waals surface area contributed by atoms with Crippen LogP contribution in [0.2, 0.25) is 6.04 Å². The second-order valence-corrected chi connectivity index (χ2v) is 17.1. The third-order valence-corrected chi connectivity index (χ3v) is 12.5. The summed E-state index contributed by atoms with van der Waals surface area (Å²) in [6.07, 6.45) is 34.6. The molecule has 0 spiro atoms. The van der Waals surface area contributed by atoms with Crippen molar-refractivity contribution in [2.75, 3.05) is 25.5 Å². The molecule has 43 heavy (non-hydrogen) atoms. The minimum absolute atomic E-state index is 0.177. The van der Waals surface area contributed by atoms with Gasteiger partial charge in [-0.05, 0) is 31.6 Å². The van der Waals surface area contributed by atoms with Gasteiger partial charge < -0.3 is 8.85 Å². The smallest absolute Gasteiger partial charge is 0.373 e. The predicted octanol–water partition coefficient (Wildman–Crippen LogP) is 11.6. The van der Waals surface area contributed by atoms with E-state index in [1.165, 1.54) is 159 Å². The van der Waals surface area contributed by atoms with E-state index in [-0.39, 0.29) is 5.12 Å². The Bertz CT molecular complexity index is 602. The molecular weight excluding hydrogens is 571 g/mol. The van der Waals surface area contributed by atoms with Gasteiger partial charge in [0.05, 0.1) is 0 Å². The molecular formula is C36H73NO4SSi. The van der Waals surface area contributed by atoms with Gasteiger partial charge in [-0.15, -0.1) is 0 Å². The fourth-order valence-corrected chi connectivity index (χ4v) is 9.29. The molecule has 7 heteroatoms. The first-order valence-electron chi connectivity index (χ1n) is 18.9. The fourth-order valence-electron chi connectivity index (χ4n) is 6.07. The Balaban J connectivity index is 2.20. The van der Waals surface area contributed by atoms with Crippen LogP contribution in [-0.2, 0) is 18.2 Å². The highest BCUT2D eigenvalue weighted by Crippen LogP contribution is 2.25. The van der Waals surface area contributed by atoms with Gasteiger partial charge in [-0.25, -0.2) is 5.48 Å². The standard InChI is InChI=1S/C36H73NO4SSi/c1-4-6-8-10-12-14-16-17-18-19-21-23-25-28-36-29-31-40-43(41-37-34-36,33-27-32-42-35(3)38)39-30-26-24-22-20-15-13-11-9-7-5-2/h36-37H,4-34H2,1-3H3. The Morgan fingerprint density at radius 1 is 0.721 bits per heavy atom. The van der Waals surface area contributed by atoms with Crippen LogP contribution in [0.1, 0.15) is 188 Å². The van der Waals surface area contributed by atoms with Gasteiger partial charge in [0.2, 0.25) is 0 Å². The first-order chi connectivity index (χ1) is 21.1. The number of hydrogen-bond donors (Lipinski definition) is 1. The van der Waals surface area contributed by atoms with E-state index in [0.717, 1.165) is 44.2 Å². The Hall–Kier alpha value is 0.0769. The molecule has 0 aromatic carbocycles. The summed E-state index contributed by atoms with van der Waals surface area (Å²) in [5, 5.41) is 0.177. The third-order valence-electron chi connectivity index (χ3n) is 8.92. The number of rotatable bonds is 30. The second kappa shape index (κ2) is 30.7. The monoisotopic (exact) mass is 644 g/mol. The Kier molecular flexibility index (Phi) is 29.4. The largest absolute Gasteiger partial charge is 0.517 e. The lowest BCUT2D eigenvalue weighted by Crippen LogP contribution is -2.52. The van der Waals surface area contributed by atoms with E-state index < -0.39 is 8.80 Å². The Morgan fingerprint density at radius 3 is 1.72 bits per heavy atom. The molecule has 256 valence electrons. The summed E-state index contributed by atoms with van der Waals surface area (Å²) in [5.74, 6) is 1.41. The fraction of sp³-hybridized carbons (Fsp3) is 0.972. The molecule has 0 aliphatic carbocycles. The molecule has 1 rings (SSSR count). The number of nitrogens with one attached hydrogen (secondary N) is 1. The molecule has 0 aromatic rings. The van der Waals surface area contributed by atoms with Crippen molar-refractivity contribution in [2.45, 2.75) is 194 Å². The van der Waals surface area contributed by atoms with Crippen molar-refractivity contribution >= 4 is 25.7 Å². The highest BCUT2D eigenvalue weighted by atomic mass is 32.2. The molecule has 2 atom stereocenters. The number of carbonyl (C=O) groups is 1. The van der Waals surface area contributed by atoms with Crippen LogP contribution in [0.3, 0.4) is 0 Å². The topological polar surface area (TPSA) is 56.8 Å². The average Bonchev–Trinajstić information content (AvgIpc) is 2.98. The highest BCUT2D eigenvalue weighted by Gasteiger charge is 2.42. The molecule has 1 aliphatic heterocycles. The Labute approximate surface area is 273 Å². The molecule has 0 saturated carbocycles. The van der Waals surface area contributed by atoms with Crippen molar-refractivity contribution in [3.63, 3.8) is 0 Å². The van der Waals surface area contributed by atoms with Crippen molar-refractivity contribution in [3.05, 3.63) is 0 Å². The van der Waals surface area contributed by atoms with Crippen LogP contribution in [0.5, 0.6) is 0 Å². The van der Waals surface area contributed by atoms with Crippen molar-refractivity contribution in [1.82, 2.24) is 5.48 Å². The maximum absolute atomic E-state index is 11.4. The zero-order valence-corrected chi connectivity index (χ0v) is 30.9. The maximum Gasteiger partial charge on any atom is 0.517 e. The normalized spacial score (nSPS) is 19.4. The minimum atomic E-state index is -2.77. The summed E-state index contributed by atoms with van der Waals surface area (Å²) in [4.78, 5) is 11.4. The molecule has 1 saturated heterocycles. The number of unbranched alkanes of at least 4 members (excludes halogenated alkanes) is 21. The summed E-state index contributed by atoms with van der Waals surface area (Å²) >= 11 is 1.39. The van der Waals surface area contributed by atoms with E-state index in [1.54, 1.807) is 6.92 Å². The van der Waals surface area contributed by atoms with E-state index in [4.69, 9.17) is 13.4 Å². The summed E-state index contributed by atoms with van der Waals surface area (Å²) in [6.45, 7) is 8.55. The molecule has 0 radical (unpaired) electrons. The quantitative estimate of drug-likeness (QED) is 0.0621. The van der Waals surface area contributed by atoms with E-state index >= 15 is 0 Å². The molecule has 0 bridgehead atoms. The molecule has 0 amide bonds. The van der Waals surface area contributed by atoms with Crippen molar-refractivity contribution < 1.29 is 18.2 Å². The maximum atomic E-state index is 11.4. The molecule has 1 heterocycles. The van der Waals surface area contributed by atoms with Crippen LogP contribution in [0, 0.1) is 5.92 Å². The van der Waals surface area contributed by atoms with Crippen molar-refractivity contribution in [2.24, 2.45) is 5.92 Å². The first-order valence-corrected chi connectivity index (χ1v) is 21.9. The van der Waals surface area contributed by atoms with Gasteiger partial charge in [0.15, 0.2) is 5.12 Å². The van der Waals surface area contributed by atoms with Crippen LogP contribution in [0.15, 0.2) is 0 Å². The second-order valence-electron chi connectivity index (χ2n) is 13.1. The number of carbonyl (C=O) groups excluding carboxylic acids is 1. The van der Waals surface area contributed by atoms with Gasteiger partial charge in [-0.3, -0.25) is 9.32 Å². The summed E-state index contributed by atoms with van der Waals surface area (Å²) in [5.41, 5.74) is 3.30. The van der Waals surface area contributed by atoms with Gasteiger partial charge >= 0.3 is 8.80 Å². The molecule has 2 unspecified atom stereocenters. The number of hydroxylamine groups is 1. The van der Waals surface area contributed by atoms with Crippen LogP contribution in [0.25, 0.3) is 0 Å². The lowest BCUT2D eigenvalue weighted by Gasteiger charge is -2.33. The lowest BCUT2D eigenvalue weighted by atomic mass is 9.97. The summed E-state index contributed by atoms with van der Waals surface area (Å²) < 4.78 is 19.2. The van der Waals surface area contributed by atoms with E-state index in [0.29, 0.717) is 12.5 Å². The van der Waals surface area contributed by atoms with Gasteiger partial charge in [0.25, 0.3) is 0 Å². The van der Waals surface area contributed by atoms with Crippen molar-refractivity contribution in [1.29, 1.82) is 0 Å². The van der Waals surface area contributed by atoms with E-state index in [1.807, 2.05) is 0 Å². The molecule has 5 nitrogen and oxygen atoms in total. The zero-order chi connectivity index (χ0) is 31.1. The third kappa shape index (κ3) is 25.9. The van der Waals surface area contributed by atoms with Gasteiger partial charge in [0.1, 0.15) is 0 Å². The van der Waals surface area contributed by atoms with Gasteiger partial charge in [-0.2, -0.15) is 0 Å². The zero-order valence-electron chi connectivity index (χ0n) is 29.0. The summed E-state index contributed by atoms with van der Waals surface area (Å²) in [6, 6.07) is 0.779.